The molecule has 0 bridgehead atoms. The van der Waals surface area contributed by atoms with Crippen molar-refractivity contribution < 1.29 is 9.53 Å². The third-order valence-electron chi connectivity index (χ3n) is 3.63. The maximum Gasteiger partial charge on any atom is 0.306 e. The Balaban J connectivity index is 3.36. The number of nitrogens with two attached hydrogens (primary N) is 1. The van der Waals surface area contributed by atoms with Crippen LogP contribution in [-0.4, -0.2) is 18.6 Å². The first-order valence-corrected chi connectivity index (χ1v) is 8.60. The summed E-state index contributed by atoms with van der Waals surface area (Å²) in [6, 6.07) is 0. The van der Waals surface area contributed by atoms with Crippen LogP contribution in [-0.2, 0) is 9.53 Å². The molecule has 2 N–H and O–H groups in total. The maximum atomic E-state index is 11.6. The zero-order valence-electron chi connectivity index (χ0n) is 13.7. The highest BCUT2D eigenvalue weighted by molar-refractivity contribution is 5.69. The van der Waals surface area contributed by atoms with Crippen LogP contribution in [0.15, 0.2) is 0 Å². The lowest BCUT2D eigenvalue weighted by Gasteiger charge is -2.13. The van der Waals surface area contributed by atoms with Crippen molar-refractivity contribution in [3.63, 3.8) is 0 Å². The minimum Gasteiger partial charge on any atom is -0.463 e. The Morgan fingerprint density at radius 3 is 2.25 bits per heavy atom. The molecule has 0 amide bonds. The molecule has 0 radical (unpaired) electrons. The standard InChI is InChI=1S/C17H35NO2/c1-3-4-5-7-10-13-16(2)20-17(19)14-11-8-6-9-12-15-18/h16H,3-15,18H2,1-2H3. The minimum absolute atomic E-state index is 0.0233. The molecule has 0 aliphatic heterocycles. The van der Waals surface area contributed by atoms with E-state index in [0.717, 1.165) is 32.2 Å². The monoisotopic (exact) mass is 285 g/mol. The van der Waals surface area contributed by atoms with Gasteiger partial charge in [0.2, 0.25) is 0 Å². The Morgan fingerprint density at radius 2 is 1.55 bits per heavy atom. The molecular formula is C17H35NO2. The fourth-order valence-electron chi connectivity index (χ4n) is 2.32. The number of carbonyl (C=O) groups excluding carboxylic acids is 1. The lowest BCUT2D eigenvalue weighted by molar-refractivity contribution is -0.148. The number of unbranched alkanes of at least 4 members (excludes halogenated alkanes) is 8. The Labute approximate surface area is 125 Å². The van der Waals surface area contributed by atoms with Crippen molar-refractivity contribution in [2.24, 2.45) is 5.73 Å². The van der Waals surface area contributed by atoms with E-state index in [1.807, 2.05) is 6.92 Å². The van der Waals surface area contributed by atoms with Crippen molar-refractivity contribution in [3.05, 3.63) is 0 Å². The van der Waals surface area contributed by atoms with Gasteiger partial charge in [-0.25, -0.2) is 0 Å². The van der Waals surface area contributed by atoms with Crippen LogP contribution in [0.2, 0.25) is 0 Å². The average molecular weight is 285 g/mol. The molecular weight excluding hydrogens is 250 g/mol. The first kappa shape index (κ1) is 19.4. The summed E-state index contributed by atoms with van der Waals surface area (Å²) in [5.74, 6) is -0.0233. The summed E-state index contributed by atoms with van der Waals surface area (Å²) in [7, 11) is 0. The number of carbonyl (C=O) groups is 1. The van der Waals surface area contributed by atoms with E-state index in [1.54, 1.807) is 0 Å². The topological polar surface area (TPSA) is 52.3 Å². The van der Waals surface area contributed by atoms with E-state index in [0.29, 0.717) is 6.42 Å². The summed E-state index contributed by atoms with van der Waals surface area (Å²) in [6.45, 7) is 5.01. The van der Waals surface area contributed by atoms with Crippen molar-refractivity contribution in [2.45, 2.75) is 97.0 Å². The van der Waals surface area contributed by atoms with Crippen molar-refractivity contribution in [1.29, 1.82) is 0 Å². The van der Waals surface area contributed by atoms with Crippen molar-refractivity contribution >= 4 is 5.97 Å². The Bertz CT molecular complexity index is 219. The maximum absolute atomic E-state index is 11.6. The number of rotatable bonds is 14. The van der Waals surface area contributed by atoms with Crippen molar-refractivity contribution in [2.75, 3.05) is 6.54 Å². The molecule has 0 aliphatic rings. The Morgan fingerprint density at radius 1 is 0.950 bits per heavy atom. The van der Waals surface area contributed by atoms with Gasteiger partial charge in [0, 0.05) is 6.42 Å². The van der Waals surface area contributed by atoms with Gasteiger partial charge in [-0.1, -0.05) is 51.9 Å². The van der Waals surface area contributed by atoms with Crippen LogP contribution < -0.4 is 5.73 Å². The first-order chi connectivity index (χ1) is 9.70. The van der Waals surface area contributed by atoms with Gasteiger partial charge in [0.1, 0.15) is 0 Å². The smallest absolute Gasteiger partial charge is 0.306 e. The third-order valence-corrected chi connectivity index (χ3v) is 3.63. The van der Waals surface area contributed by atoms with Crippen LogP contribution in [0, 0.1) is 0 Å². The Hall–Kier alpha value is -0.570. The van der Waals surface area contributed by atoms with Gasteiger partial charge in [-0.3, -0.25) is 4.79 Å². The van der Waals surface area contributed by atoms with Gasteiger partial charge in [-0.15, -0.1) is 0 Å². The molecule has 0 rings (SSSR count). The average Bonchev–Trinajstić information content (AvgIpc) is 2.42. The first-order valence-electron chi connectivity index (χ1n) is 8.60. The molecule has 0 aromatic rings. The van der Waals surface area contributed by atoms with Gasteiger partial charge in [0.15, 0.2) is 0 Å². The zero-order chi connectivity index (χ0) is 15.1. The summed E-state index contributed by atoms with van der Waals surface area (Å²) in [6.07, 6.45) is 13.5. The fraction of sp³-hybridized carbons (Fsp3) is 0.941. The Kier molecular flexibility index (Phi) is 14.4. The highest BCUT2D eigenvalue weighted by Crippen LogP contribution is 2.11. The summed E-state index contributed by atoms with van der Waals surface area (Å²) < 4.78 is 5.43. The normalized spacial score (nSPS) is 12.3. The number of ether oxygens (including phenoxy) is 1. The summed E-state index contributed by atoms with van der Waals surface area (Å²) in [5, 5.41) is 0. The van der Waals surface area contributed by atoms with Crippen LogP contribution in [0.25, 0.3) is 0 Å². The molecule has 0 fully saturated rings. The van der Waals surface area contributed by atoms with Gasteiger partial charge < -0.3 is 10.5 Å². The quantitative estimate of drug-likeness (QED) is 0.375. The highest BCUT2D eigenvalue weighted by atomic mass is 16.5. The lowest BCUT2D eigenvalue weighted by Crippen LogP contribution is -2.14. The molecule has 0 aromatic carbocycles. The molecule has 0 heterocycles. The van der Waals surface area contributed by atoms with Crippen LogP contribution in [0.1, 0.15) is 90.9 Å². The molecule has 0 aromatic heterocycles. The molecule has 120 valence electrons. The van der Waals surface area contributed by atoms with Gasteiger partial charge in [-0.2, -0.15) is 0 Å². The molecule has 3 nitrogen and oxygen atoms in total. The fourth-order valence-corrected chi connectivity index (χ4v) is 2.32. The van der Waals surface area contributed by atoms with E-state index >= 15 is 0 Å². The molecule has 0 saturated carbocycles. The number of esters is 1. The highest BCUT2D eigenvalue weighted by Gasteiger charge is 2.08. The van der Waals surface area contributed by atoms with Crippen LogP contribution in [0.5, 0.6) is 0 Å². The van der Waals surface area contributed by atoms with E-state index in [2.05, 4.69) is 6.92 Å². The van der Waals surface area contributed by atoms with E-state index in [1.165, 1.54) is 44.9 Å². The lowest BCUT2D eigenvalue weighted by atomic mass is 10.1. The van der Waals surface area contributed by atoms with Crippen molar-refractivity contribution in [3.8, 4) is 0 Å². The molecule has 1 unspecified atom stereocenters. The second-order valence-electron chi connectivity index (χ2n) is 5.81. The van der Waals surface area contributed by atoms with Gasteiger partial charge >= 0.3 is 5.97 Å². The van der Waals surface area contributed by atoms with Crippen LogP contribution in [0.4, 0.5) is 0 Å². The van der Waals surface area contributed by atoms with E-state index in [9.17, 15) is 4.79 Å². The molecule has 3 heteroatoms. The zero-order valence-corrected chi connectivity index (χ0v) is 13.7. The SMILES string of the molecule is CCCCCCCC(C)OC(=O)CCCCCCCN. The minimum atomic E-state index is -0.0233. The van der Waals surface area contributed by atoms with Crippen LogP contribution >= 0.6 is 0 Å². The molecule has 0 saturated heterocycles. The van der Waals surface area contributed by atoms with Gasteiger partial charge in [-0.05, 0) is 39.2 Å². The van der Waals surface area contributed by atoms with E-state index in [4.69, 9.17) is 10.5 Å². The molecule has 0 spiro atoms. The van der Waals surface area contributed by atoms with Crippen LogP contribution in [0.3, 0.4) is 0 Å². The predicted molar refractivity (Wildman–Crippen MR) is 85.7 cm³/mol. The van der Waals surface area contributed by atoms with E-state index in [-0.39, 0.29) is 12.1 Å². The predicted octanol–water partition coefficient (Wildman–Crippen LogP) is 4.58. The largest absolute Gasteiger partial charge is 0.463 e. The summed E-state index contributed by atoms with van der Waals surface area (Å²) in [5.41, 5.74) is 5.44. The molecule has 1 atom stereocenters. The summed E-state index contributed by atoms with van der Waals surface area (Å²) >= 11 is 0. The van der Waals surface area contributed by atoms with Gasteiger partial charge in [0.05, 0.1) is 6.10 Å². The molecule has 0 aliphatic carbocycles. The van der Waals surface area contributed by atoms with Crippen molar-refractivity contribution in [1.82, 2.24) is 0 Å². The second kappa shape index (κ2) is 14.8. The number of hydrogen-bond acceptors (Lipinski definition) is 3. The van der Waals surface area contributed by atoms with E-state index < -0.39 is 0 Å². The second-order valence-corrected chi connectivity index (χ2v) is 5.81. The van der Waals surface area contributed by atoms with Gasteiger partial charge in [0.25, 0.3) is 0 Å². The number of hydrogen-bond donors (Lipinski definition) is 1. The summed E-state index contributed by atoms with van der Waals surface area (Å²) in [4.78, 5) is 11.6. The molecule has 20 heavy (non-hydrogen) atoms. The third kappa shape index (κ3) is 13.9.